The molecule has 6 nitrogen and oxygen atoms in total. The van der Waals surface area contributed by atoms with Gasteiger partial charge in [-0.2, -0.15) is 0 Å². The lowest BCUT2D eigenvalue weighted by molar-refractivity contribution is 0.0526. The molecule has 0 bridgehead atoms. The van der Waals surface area contributed by atoms with Gasteiger partial charge in [-0.15, -0.1) is 5.10 Å². The minimum atomic E-state index is -0.324. The van der Waals surface area contributed by atoms with Crippen LogP contribution in [0.1, 0.15) is 17.3 Å². The summed E-state index contributed by atoms with van der Waals surface area (Å²) in [7, 11) is 1.76. The third kappa shape index (κ3) is 2.30. The predicted molar refractivity (Wildman–Crippen MR) is 60.2 cm³/mol. The van der Waals surface area contributed by atoms with E-state index < -0.39 is 0 Å². The number of rotatable bonds is 3. The first kappa shape index (κ1) is 11.3. The van der Waals surface area contributed by atoms with Crippen molar-refractivity contribution in [2.75, 3.05) is 6.61 Å². The van der Waals surface area contributed by atoms with Crippen molar-refractivity contribution >= 4 is 5.97 Å². The molecule has 0 aliphatic rings. The van der Waals surface area contributed by atoms with Crippen molar-refractivity contribution in [1.29, 1.82) is 0 Å². The van der Waals surface area contributed by atoms with Gasteiger partial charge in [0.15, 0.2) is 5.82 Å². The number of nitrogens with zero attached hydrogens (tertiary/aromatic N) is 4. The Bertz CT molecular complexity index is 519. The minimum absolute atomic E-state index is 0.324. The summed E-state index contributed by atoms with van der Waals surface area (Å²) in [4.78, 5) is 11.4. The van der Waals surface area contributed by atoms with Crippen LogP contribution in [0, 0.1) is 0 Å². The van der Waals surface area contributed by atoms with Gasteiger partial charge in [0, 0.05) is 12.6 Å². The van der Waals surface area contributed by atoms with Crippen LogP contribution in [0.5, 0.6) is 0 Å². The van der Waals surface area contributed by atoms with E-state index in [9.17, 15) is 4.79 Å². The maximum Gasteiger partial charge on any atom is 0.338 e. The molecule has 0 radical (unpaired) electrons. The summed E-state index contributed by atoms with van der Waals surface area (Å²) in [5.74, 6) is 0.329. The lowest BCUT2D eigenvalue weighted by Gasteiger charge is -2.02. The van der Waals surface area contributed by atoms with Crippen LogP contribution in [-0.2, 0) is 11.8 Å². The Balaban J connectivity index is 2.25. The van der Waals surface area contributed by atoms with E-state index in [0.29, 0.717) is 18.0 Å². The summed E-state index contributed by atoms with van der Waals surface area (Å²) >= 11 is 0. The van der Waals surface area contributed by atoms with Crippen molar-refractivity contribution in [3.05, 3.63) is 29.8 Å². The summed E-state index contributed by atoms with van der Waals surface area (Å²) in [5, 5.41) is 11.2. The molecule has 0 fully saturated rings. The SMILES string of the molecule is CCOC(=O)c1ccc(-c2nnnn2C)cc1. The van der Waals surface area contributed by atoms with Crippen molar-refractivity contribution in [2.45, 2.75) is 6.92 Å². The molecule has 0 aliphatic heterocycles. The molecule has 0 saturated carbocycles. The molecule has 17 heavy (non-hydrogen) atoms. The van der Waals surface area contributed by atoms with Gasteiger partial charge in [-0.05, 0) is 29.5 Å². The molecule has 1 aromatic heterocycles. The highest BCUT2D eigenvalue weighted by molar-refractivity contribution is 5.89. The average Bonchev–Trinajstić information content (AvgIpc) is 2.76. The highest BCUT2D eigenvalue weighted by Crippen LogP contribution is 2.15. The second-order valence-corrected chi connectivity index (χ2v) is 3.42. The zero-order chi connectivity index (χ0) is 12.3. The van der Waals surface area contributed by atoms with E-state index in [4.69, 9.17) is 4.74 Å². The van der Waals surface area contributed by atoms with Gasteiger partial charge in [-0.3, -0.25) is 0 Å². The van der Waals surface area contributed by atoms with E-state index in [1.165, 1.54) is 0 Å². The monoisotopic (exact) mass is 232 g/mol. The smallest absolute Gasteiger partial charge is 0.338 e. The van der Waals surface area contributed by atoms with Crippen molar-refractivity contribution in [2.24, 2.45) is 7.05 Å². The van der Waals surface area contributed by atoms with Gasteiger partial charge < -0.3 is 4.74 Å². The van der Waals surface area contributed by atoms with Crippen LogP contribution >= 0.6 is 0 Å². The van der Waals surface area contributed by atoms with Crippen molar-refractivity contribution in [3.8, 4) is 11.4 Å². The number of aromatic nitrogens is 4. The van der Waals surface area contributed by atoms with Gasteiger partial charge >= 0.3 is 5.97 Å². The maximum absolute atomic E-state index is 11.4. The Morgan fingerprint density at radius 1 is 1.35 bits per heavy atom. The summed E-state index contributed by atoms with van der Waals surface area (Å²) in [5.41, 5.74) is 1.37. The number of hydrogen-bond donors (Lipinski definition) is 0. The van der Waals surface area contributed by atoms with E-state index in [-0.39, 0.29) is 5.97 Å². The largest absolute Gasteiger partial charge is 0.462 e. The summed E-state index contributed by atoms with van der Waals surface area (Å²) < 4.78 is 6.47. The average molecular weight is 232 g/mol. The summed E-state index contributed by atoms with van der Waals surface area (Å²) in [6.45, 7) is 2.14. The quantitative estimate of drug-likeness (QED) is 0.740. The molecule has 6 heteroatoms. The molecule has 0 N–H and O–H groups in total. The molecule has 1 aromatic carbocycles. The van der Waals surface area contributed by atoms with E-state index >= 15 is 0 Å². The number of ether oxygens (including phenoxy) is 1. The number of aryl methyl sites for hydroxylation is 1. The van der Waals surface area contributed by atoms with Crippen LogP contribution in [0.3, 0.4) is 0 Å². The molecule has 1 heterocycles. The van der Waals surface area contributed by atoms with Gasteiger partial charge in [0.05, 0.1) is 12.2 Å². The van der Waals surface area contributed by atoms with Crippen LogP contribution < -0.4 is 0 Å². The number of hydrogen-bond acceptors (Lipinski definition) is 5. The Labute approximate surface area is 98.2 Å². The molecule has 0 aliphatic carbocycles. The predicted octanol–water partition coefficient (Wildman–Crippen LogP) is 1.05. The van der Waals surface area contributed by atoms with Gasteiger partial charge in [0.2, 0.25) is 0 Å². The van der Waals surface area contributed by atoms with Crippen LogP contribution in [0.15, 0.2) is 24.3 Å². The number of esters is 1. The number of carbonyl (C=O) groups is 1. The molecule has 0 unspecified atom stereocenters. The zero-order valence-corrected chi connectivity index (χ0v) is 9.62. The molecular formula is C11H12N4O2. The van der Waals surface area contributed by atoms with E-state index in [1.54, 1.807) is 42.9 Å². The summed E-state index contributed by atoms with van der Waals surface area (Å²) in [6.07, 6.45) is 0. The normalized spacial score (nSPS) is 10.2. The Morgan fingerprint density at radius 2 is 2.06 bits per heavy atom. The molecule has 0 atom stereocenters. The van der Waals surface area contributed by atoms with Crippen LogP contribution in [0.25, 0.3) is 11.4 Å². The zero-order valence-electron chi connectivity index (χ0n) is 9.62. The standard InChI is InChI=1S/C11H12N4O2/c1-3-17-11(16)9-6-4-8(5-7-9)10-12-13-14-15(10)2/h4-7H,3H2,1-2H3. The second kappa shape index (κ2) is 4.73. The van der Waals surface area contributed by atoms with E-state index in [2.05, 4.69) is 15.5 Å². The second-order valence-electron chi connectivity index (χ2n) is 3.42. The van der Waals surface area contributed by atoms with E-state index in [1.807, 2.05) is 0 Å². The Kier molecular flexibility index (Phi) is 3.13. The first-order valence-corrected chi connectivity index (χ1v) is 5.22. The summed E-state index contributed by atoms with van der Waals surface area (Å²) in [6, 6.07) is 6.97. The lowest BCUT2D eigenvalue weighted by Crippen LogP contribution is -2.04. The molecule has 88 valence electrons. The van der Waals surface area contributed by atoms with Gasteiger partial charge in [0.25, 0.3) is 0 Å². The molecule has 2 aromatic rings. The lowest BCUT2D eigenvalue weighted by atomic mass is 10.1. The third-order valence-electron chi connectivity index (χ3n) is 2.27. The van der Waals surface area contributed by atoms with Crippen molar-refractivity contribution < 1.29 is 9.53 Å². The van der Waals surface area contributed by atoms with Crippen molar-refractivity contribution in [1.82, 2.24) is 20.2 Å². The fraction of sp³-hybridized carbons (Fsp3) is 0.273. The topological polar surface area (TPSA) is 69.9 Å². The third-order valence-corrected chi connectivity index (χ3v) is 2.27. The highest BCUT2D eigenvalue weighted by Gasteiger charge is 2.09. The highest BCUT2D eigenvalue weighted by atomic mass is 16.5. The maximum atomic E-state index is 11.4. The van der Waals surface area contributed by atoms with Gasteiger partial charge in [-0.25, -0.2) is 9.48 Å². The first-order chi connectivity index (χ1) is 8.22. The number of tetrazole rings is 1. The number of benzene rings is 1. The van der Waals surface area contributed by atoms with Crippen LogP contribution in [0.2, 0.25) is 0 Å². The minimum Gasteiger partial charge on any atom is -0.462 e. The molecule has 0 spiro atoms. The molecule has 0 saturated heterocycles. The fourth-order valence-corrected chi connectivity index (χ4v) is 1.44. The van der Waals surface area contributed by atoms with Gasteiger partial charge in [-0.1, -0.05) is 12.1 Å². The van der Waals surface area contributed by atoms with E-state index in [0.717, 1.165) is 5.56 Å². The first-order valence-electron chi connectivity index (χ1n) is 5.22. The Hall–Kier alpha value is -2.24. The van der Waals surface area contributed by atoms with Gasteiger partial charge in [0.1, 0.15) is 0 Å². The number of carbonyl (C=O) groups excluding carboxylic acids is 1. The molecule has 0 amide bonds. The van der Waals surface area contributed by atoms with Crippen LogP contribution in [-0.4, -0.2) is 32.8 Å². The molecular weight excluding hydrogens is 220 g/mol. The van der Waals surface area contributed by atoms with Crippen molar-refractivity contribution in [3.63, 3.8) is 0 Å². The Morgan fingerprint density at radius 3 is 2.59 bits per heavy atom. The van der Waals surface area contributed by atoms with Crippen LogP contribution in [0.4, 0.5) is 0 Å². The fourth-order valence-electron chi connectivity index (χ4n) is 1.44. The molecule has 2 rings (SSSR count).